The molecule has 1 aliphatic carbocycles. The molecule has 4 heteroatoms. The van der Waals surface area contributed by atoms with Crippen LogP contribution in [-0.4, -0.2) is 29.5 Å². The van der Waals surface area contributed by atoms with Gasteiger partial charge in [0.05, 0.1) is 13.2 Å². The SMILES string of the molecule is COc1ccc(CNC2CCCC(O)C2)c(O)c1. The second kappa shape index (κ2) is 6.07. The average Bonchev–Trinajstić information content (AvgIpc) is 2.37. The van der Waals surface area contributed by atoms with Gasteiger partial charge in [-0.2, -0.15) is 0 Å². The Morgan fingerprint density at radius 2 is 2.22 bits per heavy atom. The second-order valence-corrected chi connectivity index (χ2v) is 4.89. The summed E-state index contributed by atoms with van der Waals surface area (Å²) in [6.07, 6.45) is 3.69. The number of aromatic hydroxyl groups is 1. The van der Waals surface area contributed by atoms with Gasteiger partial charge in [0.25, 0.3) is 0 Å². The molecule has 2 rings (SSSR count). The van der Waals surface area contributed by atoms with E-state index in [0.29, 0.717) is 18.3 Å². The molecule has 3 N–H and O–H groups in total. The minimum atomic E-state index is -0.180. The first-order chi connectivity index (χ1) is 8.69. The number of rotatable bonds is 4. The van der Waals surface area contributed by atoms with Gasteiger partial charge in [0.2, 0.25) is 0 Å². The molecule has 0 spiro atoms. The van der Waals surface area contributed by atoms with Gasteiger partial charge in [-0.05, 0) is 31.7 Å². The zero-order valence-electron chi connectivity index (χ0n) is 10.7. The third-order valence-electron chi connectivity index (χ3n) is 3.52. The predicted octanol–water partition coefficient (Wildman–Crippen LogP) is 1.79. The number of ether oxygens (including phenoxy) is 1. The van der Waals surface area contributed by atoms with Gasteiger partial charge in [0.15, 0.2) is 0 Å². The first-order valence-corrected chi connectivity index (χ1v) is 6.46. The maximum absolute atomic E-state index is 9.83. The van der Waals surface area contributed by atoms with E-state index in [9.17, 15) is 10.2 Å². The van der Waals surface area contributed by atoms with Crippen molar-refractivity contribution in [2.24, 2.45) is 0 Å². The molecule has 18 heavy (non-hydrogen) atoms. The molecule has 2 atom stereocenters. The van der Waals surface area contributed by atoms with Crippen LogP contribution in [-0.2, 0) is 6.54 Å². The van der Waals surface area contributed by atoms with Crippen molar-refractivity contribution in [3.63, 3.8) is 0 Å². The number of benzene rings is 1. The number of methoxy groups -OCH3 is 1. The van der Waals surface area contributed by atoms with Gasteiger partial charge in [0, 0.05) is 24.2 Å². The Bertz CT molecular complexity index is 395. The Morgan fingerprint density at radius 3 is 2.89 bits per heavy atom. The van der Waals surface area contributed by atoms with Crippen LogP contribution in [0, 0.1) is 0 Å². The molecule has 0 bridgehead atoms. The number of nitrogens with one attached hydrogen (secondary N) is 1. The molecule has 100 valence electrons. The Balaban J connectivity index is 1.89. The fourth-order valence-electron chi connectivity index (χ4n) is 2.42. The molecule has 0 radical (unpaired) electrons. The Hall–Kier alpha value is -1.26. The standard InChI is InChI=1S/C14H21NO3/c1-18-13-6-5-10(14(17)8-13)9-15-11-3-2-4-12(16)7-11/h5-6,8,11-12,15-17H,2-4,7,9H2,1H3. The molecule has 1 aromatic rings. The first-order valence-electron chi connectivity index (χ1n) is 6.46. The van der Waals surface area contributed by atoms with E-state index in [-0.39, 0.29) is 11.9 Å². The zero-order chi connectivity index (χ0) is 13.0. The van der Waals surface area contributed by atoms with Crippen LogP contribution < -0.4 is 10.1 Å². The monoisotopic (exact) mass is 251 g/mol. The molecule has 4 nitrogen and oxygen atoms in total. The summed E-state index contributed by atoms with van der Waals surface area (Å²) in [5.74, 6) is 0.905. The van der Waals surface area contributed by atoms with Crippen molar-refractivity contribution in [1.29, 1.82) is 0 Å². The van der Waals surface area contributed by atoms with Gasteiger partial charge in [-0.1, -0.05) is 6.07 Å². The van der Waals surface area contributed by atoms with Crippen molar-refractivity contribution in [2.75, 3.05) is 7.11 Å². The van der Waals surface area contributed by atoms with E-state index in [1.807, 2.05) is 12.1 Å². The lowest BCUT2D eigenvalue weighted by atomic mass is 9.93. The van der Waals surface area contributed by atoms with Crippen LogP contribution >= 0.6 is 0 Å². The molecule has 1 fully saturated rings. The van der Waals surface area contributed by atoms with Crippen molar-refractivity contribution < 1.29 is 14.9 Å². The molecule has 1 saturated carbocycles. The summed E-state index contributed by atoms with van der Waals surface area (Å²) in [7, 11) is 1.58. The van der Waals surface area contributed by atoms with Crippen LogP contribution in [0.25, 0.3) is 0 Å². The van der Waals surface area contributed by atoms with Gasteiger partial charge in [0.1, 0.15) is 11.5 Å². The third-order valence-corrected chi connectivity index (χ3v) is 3.52. The molecule has 0 heterocycles. The molecular weight excluding hydrogens is 230 g/mol. The van der Waals surface area contributed by atoms with Crippen molar-refractivity contribution in [3.8, 4) is 11.5 Å². The highest BCUT2D eigenvalue weighted by Gasteiger charge is 2.19. The van der Waals surface area contributed by atoms with Crippen LogP contribution in [0.3, 0.4) is 0 Å². The van der Waals surface area contributed by atoms with Crippen LogP contribution in [0.5, 0.6) is 11.5 Å². The summed E-state index contributed by atoms with van der Waals surface area (Å²) in [5, 5.41) is 22.8. The third kappa shape index (κ3) is 3.37. The van der Waals surface area contributed by atoms with Crippen molar-refractivity contribution in [3.05, 3.63) is 23.8 Å². The highest BCUT2D eigenvalue weighted by Crippen LogP contribution is 2.24. The molecule has 1 aliphatic rings. The summed E-state index contributed by atoms with van der Waals surface area (Å²) in [6.45, 7) is 0.618. The van der Waals surface area contributed by atoms with Gasteiger partial charge in [-0.15, -0.1) is 0 Å². The van der Waals surface area contributed by atoms with E-state index in [1.54, 1.807) is 13.2 Å². The van der Waals surface area contributed by atoms with E-state index in [4.69, 9.17) is 4.74 Å². The number of aliphatic hydroxyl groups excluding tert-OH is 1. The Morgan fingerprint density at radius 1 is 1.39 bits per heavy atom. The second-order valence-electron chi connectivity index (χ2n) is 4.89. The molecule has 1 aromatic carbocycles. The maximum atomic E-state index is 9.83. The highest BCUT2D eigenvalue weighted by molar-refractivity contribution is 5.39. The fraction of sp³-hybridized carbons (Fsp3) is 0.571. The number of hydrogen-bond donors (Lipinski definition) is 3. The minimum absolute atomic E-state index is 0.180. The fourth-order valence-corrected chi connectivity index (χ4v) is 2.42. The van der Waals surface area contributed by atoms with Crippen LogP contribution in [0.15, 0.2) is 18.2 Å². The van der Waals surface area contributed by atoms with Crippen LogP contribution in [0.2, 0.25) is 0 Å². The summed E-state index contributed by atoms with van der Waals surface area (Å²) in [5.41, 5.74) is 0.857. The average molecular weight is 251 g/mol. The van der Waals surface area contributed by atoms with E-state index >= 15 is 0 Å². The number of phenolic OH excluding ortho intramolecular Hbond substituents is 1. The van der Waals surface area contributed by atoms with Crippen molar-refractivity contribution >= 4 is 0 Å². The van der Waals surface area contributed by atoms with Crippen LogP contribution in [0.1, 0.15) is 31.2 Å². The van der Waals surface area contributed by atoms with Crippen molar-refractivity contribution in [1.82, 2.24) is 5.32 Å². The summed E-state index contributed by atoms with van der Waals surface area (Å²) in [6, 6.07) is 5.66. The van der Waals surface area contributed by atoms with Gasteiger partial charge in [-0.3, -0.25) is 0 Å². The lowest BCUT2D eigenvalue weighted by Crippen LogP contribution is -2.35. The van der Waals surface area contributed by atoms with Gasteiger partial charge in [-0.25, -0.2) is 0 Å². The van der Waals surface area contributed by atoms with E-state index in [0.717, 1.165) is 31.2 Å². The Labute approximate surface area is 108 Å². The Kier molecular flexibility index (Phi) is 4.44. The molecule has 0 amide bonds. The number of phenols is 1. The topological polar surface area (TPSA) is 61.7 Å². The minimum Gasteiger partial charge on any atom is -0.507 e. The van der Waals surface area contributed by atoms with Gasteiger partial charge < -0.3 is 20.3 Å². The summed E-state index contributed by atoms with van der Waals surface area (Å²) in [4.78, 5) is 0. The summed E-state index contributed by atoms with van der Waals surface area (Å²) < 4.78 is 5.05. The molecule has 0 aliphatic heterocycles. The maximum Gasteiger partial charge on any atom is 0.123 e. The summed E-state index contributed by atoms with van der Waals surface area (Å²) >= 11 is 0. The molecular formula is C14H21NO3. The lowest BCUT2D eigenvalue weighted by Gasteiger charge is -2.26. The van der Waals surface area contributed by atoms with E-state index in [1.165, 1.54) is 0 Å². The number of hydrogen-bond acceptors (Lipinski definition) is 4. The van der Waals surface area contributed by atoms with E-state index in [2.05, 4.69) is 5.32 Å². The molecule has 0 aromatic heterocycles. The van der Waals surface area contributed by atoms with E-state index < -0.39 is 0 Å². The van der Waals surface area contributed by atoms with Crippen LogP contribution in [0.4, 0.5) is 0 Å². The smallest absolute Gasteiger partial charge is 0.123 e. The van der Waals surface area contributed by atoms with Gasteiger partial charge >= 0.3 is 0 Å². The normalized spacial score (nSPS) is 23.9. The zero-order valence-corrected chi connectivity index (χ0v) is 10.7. The molecule has 2 unspecified atom stereocenters. The van der Waals surface area contributed by atoms with Crippen molar-refractivity contribution in [2.45, 2.75) is 44.4 Å². The number of aliphatic hydroxyl groups is 1. The largest absolute Gasteiger partial charge is 0.507 e. The first kappa shape index (κ1) is 13.2. The predicted molar refractivity (Wildman–Crippen MR) is 69.8 cm³/mol. The lowest BCUT2D eigenvalue weighted by molar-refractivity contribution is 0.111. The molecule has 0 saturated heterocycles. The quantitative estimate of drug-likeness (QED) is 0.763. The highest BCUT2D eigenvalue weighted by atomic mass is 16.5.